The van der Waals surface area contributed by atoms with E-state index in [-0.39, 0.29) is 6.54 Å². The standard InChI is InChI=1S/C12H22N2O5S/c15-12(16)11-3-1-2-7-14(11)20(17,18)13-6-4-10-5-8-19-9-10/h10-11,13H,1-9H2,(H,15,16). The summed E-state index contributed by atoms with van der Waals surface area (Å²) < 4.78 is 33.2. The van der Waals surface area contributed by atoms with Gasteiger partial charge in [-0.1, -0.05) is 0 Å². The summed E-state index contributed by atoms with van der Waals surface area (Å²) in [4.78, 5) is 11.1. The van der Waals surface area contributed by atoms with Gasteiger partial charge in [-0.3, -0.25) is 4.79 Å². The van der Waals surface area contributed by atoms with Crippen LogP contribution in [0.3, 0.4) is 0 Å². The number of ether oxygens (including phenoxy) is 1. The van der Waals surface area contributed by atoms with E-state index in [0.29, 0.717) is 31.9 Å². The number of carbonyl (C=O) groups is 1. The minimum absolute atomic E-state index is 0.277. The maximum Gasteiger partial charge on any atom is 0.322 e. The summed E-state index contributed by atoms with van der Waals surface area (Å²) in [5.41, 5.74) is 0. The first kappa shape index (κ1) is 15.7. The Morgan fingerprint density at radius 3 is 2.80 bits per heavy atom. The van der Waals surface area contributed by atoms with Crippen molar-refractivity contribution in [2.45, 2.75) is 38.1 Å². The third kappa shape index (κ3) is 3.91. The minimum Gasteiger partial charge on any atom is -0.480 e. The summed E-state index contributed by atoms with van der Waals surface area (Å²) >= 11 is 0. The molecule has 2 rings (SSSR count). The van der Waals surface area contributed by atoms with Gasteiger partial charge < -0.3 is 9.84 Å². The molecule has 7 nitrogen and oxygen atoms in total. The fraction of sp³-hybridized carbons (Fsp3) is 0.917. The Labute approximate surface area is 119 Å². The van der Waals surface area contributed by atoms with E-state index in [4.69, 9.17) is 9.84 Å². The number of carboxylic acids is 1. The average Bonchev–Trinajstić information content (AvgIpc) is 2.91. The van der Waals surface area contributed by atoms with E-state index < -0.39 is 22.2 Å². The molecule has 116 valence electrons. The third-order valence-corrected chi connectivity index (χ3v) is 5.53. The number of nitrogens with one attached hydrogen (secondary N) is 1. The molecule has 0 aromatic heterocycles. The first-order valence-corrected chi connectivity index (χ1v) is 8.51. The van der Waals surface area contributed by atoms with Crippen LogP contribution in [0.15, 0.2) is 0 Å². The molecule has 0 bridgehead atoms. The summed E-state index contributed by atoms with van der Waals surface area (Å²) in [7, 11) is -3.71. The van der Waals surface area contributed by atoms with Crippen molar-refractivity contribution >= 4 is 16.2 Å². The number of aliphatic carboxylic acids is 1. The van der Waals surface area contributed by atoms with Crippen LogP contribution in [0.25, 0.3) is 0 Å². The van der Waals surface area contributed by atoms with Crippen LogP contribution in [0, 0.1) is 5.92 Å². The van der Waals surface area contributed by atoms with E-state index in [9.17, 15) is 13.2 Å². The molecule has 8 heteroatoms. The van der Waals surface area contributed by atoms with Gasteiger partial charge in [0.1, 0.15) is 6.04 Å². The van der Waals surface area contributed by atoms with Gasteiger partial charge in [0.05, 0.1) is 0 Å². The van der Waals surface area contributed by atoms with E-state index in [2.05, 4.69) is 4.72 Å². The molecule has 0 saturated carbocycles. The van der Waals surface area contributed by atoms with Crippen LogP contribution in [0.5, 0.6) is 0 Å². The smallest absolute Gasteiger partial charge is 0.322 e. The highest BCUT2D eigenvalue weighted by Crippen LogP contribution is 2.20. The van der Waals surface area contributed by atoms with Crippen LogP contribution < -0.4 is 4.72 Å². The molecule has 0 aromatic carbocycles. The number of piperidine rings is 1. The lowest BCUT2D eigenvalue weighted by atomic mass is 10.1. The Morgan fingerprint density at radius 1 is 1.35 bits per heavy atom. The van der Waals surface area contributed by atoms with Gasteiger partial charge in [0.25, 0.3) is 10.2 Å². The molecule has 0 aromatic rings. The topological polar surface area (TPSA) is 95.9 Å². The van der Waals surface area contributed by atoms with Crippen molar-refractivity contribution in [3.05, 3.63) is 0 Å². The normalized spacial score (nSPS) is 28.6. The van der Waals surface area contributed by atoms with Crippen molar-refractivity contribution < 1.29 is 23.1 Å². The third-order valence-electron chi connectivity index (χ3n) is 3.91. The average molecular weight is 306 g/mol. The molecule has 0 radical (unpaired) electrons. The second kappa shape index (κ2) is 6.84. The van der Waals surface area contributed by atoms with Crippen LogP contribution in [-0.4, -0.2) is 56.1 Å². The highest BCUT2D eigenvalue weighted by Gasteiger charge is 2.36. The van der Waals surface area contributed by atoms with Crippen molar-refractivity contribution in [1.82, 2.24) is 9.03 Å². The van der Waals surface area contributed by atoms with Gasteiger partial charge in [-0.15, -0.1) is 0 Å². The zero-order chi connectivity index (χ0) is 14.6. The lowest BCUT2D eigenvalue weighted by molar-refractivity contribution is -0.142. The van der Waals surface area contributed by atoms with Gasteiger partial charge in [0, 0.05) is 26.3 Å². The predicted molar refractivity (Wildman–Crippen MR) is 72.4 cm³/mol. The van der Waals surface area contributed by atoms with Crippen LogP contribution in [-0.2, 0) is 19.7 Å². The Hall–Kier alpha value is -0.700. The number of hydrogen-bond donors (Lipinski definition) is 2. The summed E-state index contributed by atoms with van der Waals surface area (Å²) in [5, 5.41) is 9.12. The Morgan fingerprint density at radius 2 is 2.15 bits per heavy atom. The molecular formula is C12H22N2O5S. The van der Waals surface area contributed by atoms with Crippen LogP contribution in [0.4, 0.5) is 0 Å². The summed E-state index contributed by atoms with van der Waals surface area (Å²) in [5.74, 6) is -0.673. The first-order valence-electron chi connectivity index (χ1n) is 7.07. The second-order valence-corrected chi connectivity index (χ2v) is 7.09. The van der Waals surface area contributed by atoms with Crippen molar-refractivity contribution in [3.8, 4) is 0 Å². The molecule has 2 aliphatic heterocycles. The van der Waals surface area contributed by atoms with Crippen LogP contribution in [0.2, 0.25) is 0 Å². The highest BCUT2D eigenvalue weighted by molar-refractivity contribution is 7.87. The summed E-state index contributed by atoms with van der Waals surface area (Å²) in [6, 6.07) is -0.934. The summed E-state index contributed by atoms with van der Waals surface area (Å²) in [6.45, 7) is 2.03. The maximum absolute atomic E-state index is 12.2. The quantitative estimate of drug-likeness (QED) is 0.730. The number of carboxylic acid groups (broad SMARTS) is 1. The van der Waals surface area contributed by atoms with Gasteiger partial charge in [0.15, 0.2) is 0 Å². The van der Waals surface area contributed by atoms with Crippen molar-refractivity contribution in [2.24, 2.45) is 5.92 Å². The van der Waals surface area contributed by atoms with Crippen molar-refractivity contribution in [2.75, 3.05) is 26.3 Å². The van der Waals surface area contributed by atoms with E-state index >= 15 is 0 Å². The van der Waals surface area contributed by atoms with Crippen molar-refractivity contribution in [1.29, 1.82) is 0 Å². The Kier molecular flexibility index (Phi) is 5.36. The van der Waals surface area contributed by atoms with E-state index in [1.165, 1.54) is 0 Å². The minimum atomic E-state index is -3.71. The molecule has 2 aliphatic rings. The number of hydrogen-bond acceptors (Lipinski definition) is 4. The second-order valence-electron chi connectivity index (χ2n) is 5.38. The lowest BCUT2D eigenvalue weighted by Gasteiger charge is -2.31. The zero-order valence-corrected chi connectivity index (χ0v) is 12.3. The highest BCUT2D eigenvalue weighted by atomic mass is 32.2. The van der Waals surface area contributed by atoms with Gasteiger partial charge >= 0.3 is 5.97 Å². The van der Waals surface area contributed by atoms with Crippen LogP contribution >= 0.6 is 0 Å². The summed E-state index contributed by atoms with van der Waals surface area (Å²) in [6.07, 6.45) is 3.53. The molecule has 0 aliphatic carbocycles. The van der Waals surface area contributed by atoms with E-state index in [1.807, 2.05) is 0 Å². The molecule has 2 heterocycles. The SMILES string of the molecule is O=C(O)C1CCCCN1S(=O)(=O)NCCC1CCOC1. The lowest BCUT2D eigenvalue weighted by Crippen LogP contribution is -2.52. The fourth-order valence-corrected chi connectivity index (χ4v) is 4.17. The zero-order valence-electron chi connectivity index (χ0n) is 11.5. The molecule has 2 unspecified atom stereocenters. The Balaban J connectivity index is 1.88. The molecule has 2 fully saturated rings. The molecule has 0 amide bonds. The van der Waals surface area contributed by atoms with Gasteiger partial charge in [-0.2, -0.15) is 12.7 Å². The maximum atomic E-state index is 12.2. The van der Waals surface area contributed by atoms with Crippen LogP contribution in [0.1, 0.15) is 32.1 Å². The monoisotopic (exact) mass is 306 g/mol. The fourth-order valence-electron chi connectivity index (χ4n) is 2.73. The first-order chi connectivity index (χ1) is 9.50. The molecule has 2 saturated heterocycles. The van der Waals surface area contributed by atoms with E-state index in [1.54, 1.807) is 0 Å². The largest absolute Gasteiger partial charge is 0.480 e. The molecule has 20 heavy (non-hydrogen) atoms. The molecule has 0 spiro atoms. The van der Waals surface area contributed by atoms with Gasteiger partial charge in [-0.05, 0) is 38.0 Å². The molecule has 2 atom stereocenters. The molecular weight excluding hydrogens is 284 g/mol. The number of nitrogens with zero attached hydrogens (tertiary/aromatic N) is 1. The van der Waals surface area contributed by atoms with Gasteiger partial charge in [0.2, 0.25) is 0 Å². The van der Waals surface area contributed by atoms with Gasteiger partial charge in [-0.25, -0.2) is 4.72 Å². The van der Waals surface area contributed by atoms with Crippen molar-refractivity contribution in [3.63, 3.8) is 0 Å². The Bertz CT molecular complexity index is 433. The predicted octanol–water partition coefficient (Wildman–Crippen LogP) is 0.187. The number of rotatable bonds is 6. The van der Waals surface area contributed by atoms with E-state index in [0.717, 1.165) is 30.2 Å². The molecule has 2 N–H and O–H groups in total.